The van der Waals surface area contributed by atoms with Crippen LogP contribution in [-0.4, -0.2) is 30.8 Å². The first-order valence-corrected chi connectivity index (χ1v) is 12.2. The molecule has 4 heterocycles. The van der Waals surface area contributed by atoms with Crippen LogP contribution in [0.1, 0.15) is 15.9 Å². The van der Waals surface area contributed by atoms with Gasteiger partial charge in [-0.3, -0.25) is 19.6 Å². The highest BCUT2D eigenvalue weighted by molar-refractivity contribution is 6.35. The van der Waals surface area contributed by atoms with E-state index in [1.54, 1.807) is 36.8 Å². The number of amides is 1. The molecule has 1 amide bonds. The zero-order valence-corrected chi connectivity index (χ0v) is 20.6. The van der Waals surface area contributed by atoms with Crippen molar-refractivity contribution in [1.82, 2.24) is 30.2 Å². The number of H-pyrrole nitrogens is 1. The van der Waals surface area contributed by atoms with Gasteiger partial charge in [-0.25, -0.2) is 9.97 Å². The Balaban J connectivity index is 1.48. The SMILES string of the molecule is O=C(NCc1c[nH]c2nc(-c3ccccc3)c(-c3cc(Cl)c4ncccc4c3)nc2c1=O)c1cccnc1. The minimum absolute atomic E-state index is 0.0178. The van der Waals surface area contributed by atoms with Crippen molar-refractivity contribution in [3.05, 3.63) is 118 Å². The van der Waals surface area contributed by atoms with Gasteiger partial charge in [-0.05, 0) is 30.3 Å². The minimum Gasteiger partial charge on any atom is -0.348 e. The van der Waals surface area contributed by atoms with Crippen LogP contribution >= 0.6 is 11.6 Å². The summed E-state index contributed by atoms with van der Waals surface area (Å²) >= 11 is 6.58. The van der Waals surface area contributed by atoms with E-state index in [1.807, 2.05) is 48.5 Å². The highest BCUT2D eigenvalue weighted by Gasteiger charge is 2.18. The number of aromatic amines is 1. The van der Waals surface area contributed by atoms with Crippen LogP contribution in [0, 0.1) is 0 Å². The fourth-order valence-electron chi connectivity index (χ4n) is 4.26. The van der Waals surface area contributed by atoms with E-state index in [2.05, 4.69) is 20.3 Å². The molecule has 0 aliphatic heterocycles. The lowest BCUT2D eigenvalue weighted by Gasteiger charge is -2.12. The molecule has 0 bridgehead atoms. The third-order valence-electron chi connectivity index (χ3n) is 6.13. The second-order valence-electron chi connectivity index (χ2n) is 8.58. The van der Waals surface area contributed by atoms with Gasteiger partial charge < -0.3 is 10.3 Å². The molecule has 0 aliphatic carbocycles. The van der Waals surface area contributed by atoms with Gasteiger partial charge >= 0.3 is 0 Å². The number of hydrogen-bond acceptors (Lipinski definition) is 6. The maximum Gasteiger partial charge on any atom is 0.253 e. The van der Waals surface area contributed by atoms with Crippen molar-refractivity contribution < 1.29 is 4.79 Å². The van der Waals surface area contributed by atoms with E-state index in [0.717, 1.165) is 10.9 Å². The lowest BCUT2D eigenvalue weighted by atomic mass is 10.0. The maximum atomic E-state index is 13.5. The van der Waals surface area contributed by atoms with Gasteiger partial charge in [-0.15, -0.1) is 0 Å². The molecule has 184 valence electrons. The van der Waals surface area contributed by atoms with Crippen LogP contribution in [0.4, 0.5) is 0 Å². The second-order valence-corrected chi connectivity index (χ2v) is 8.99. The normalized spacial score (nSPS) is 11.1. The average molecular weight is 519 g/mol. The Morgan fingerprint density at radius 3 is 2.53 bits per heavy atom. The van der Waals surface area contributed by atoms with Crippen LogP contribution in [0.2, 0.25) is 5.02 Å². The predicted octanol–water partition coefficient (Wildman–Crippen LogP) is 5.18. The summed E-state index contributed by atoms with van der Waals surface area (Å²) in [5.74, 6) is -0.330. The zero-order valence-electron chi connectivity index (χ0n) is 19.9. The van der Waals surface area contributed by atoms with E-state index in [-0.39, 0.29) is 23.4 Å². The van der Waals surface area contributed by atoms with Gasteiger partial charge in [0.2, 0.25) is 5.43 Å². The van der Waals surface area contributed by atoms with E-state index in [1.165, 1.54) is 6.20 Å². The fourth-order valence-corrected chi connectivity index (χ4v) is 4.53. The summed E-state index contributed by atoms with van der Waals surface area (Å²) in [6.45, 7) is 0.0178. The Kier molecular flexibility index (Phi) is 6.07. The Bertz CT molecular complexity index is 1870. The molecule has 0 spiro atoms. The Morgan fingerprint density at radius 2 is 1.71 bits per heavy atom. The van der Waals surface area contributed by atoms with E-state index >= 15 is 0 Å². The lowest BCUT2D eigenvalue weighted by Crippen LogP contribution is -2.26. The summed E-state index contributed by atoms with van der Waals surface area (Å²) in [4.78, 5) is 46.9. The van der Waals surface area contributed by atoms with Crippen LogP contribution < -0.4 is 10.7 Å². The summed E-state index contributed by atoms with van der Waals surface area (Å²) in [5, 5.41) is 4.08. The Hall–Kier alpha value is -4.95. The smallest absolute Gasteiger partial charge is 0.253 e. The molecule has 38 heavy (non-hydrogen) atoms. The largest absolute Gasteiger partial charge is 0.348 e. The molecule has 8 nitrogen and oxygen atoms in total. The summed E-state index contributed by atoms with van der Waals surface area (Å²) in [5.41, 5.74) is 4.27. The number of pyridine rings is 3. The molecular formula is C29H19ClN6O2. The van der Waals surface area contributed by atoms with Gasteiger partial charge in [0.1, 0.15) is 0 Å². The summed E-state index contributed by atoms with van der Waals surface area (Å²) in [6, 6.07) is 20.4. The predicted molar refractivity (Wildman–Crippen MR) is 147 cm³/mol. The summed E-state index contributed by atoms with van der Waals surface area (Å²) in [6.07, 6.45) is 6.29. The monoisotopic (exact) mass is 518 g/mol. The fraction of sp³-hybridized carbons (Fsp3) is 0.0345. The first kappa shape index (κ1) is 23.4. The molecule has 0 saturated heterocycles. The van der Waals surface area contributed by atoms with Gasteiger partial charge in [0.25, 0.3) is 5.91 Å². The van der Waals surface area contributed by atoms with Crippen molar-refractivity contribution in [2.75, 3.05) is 0 Å². The number of halogens is 1. The average Bonchev–Trinajstić information content (AvgIpc) is 2.97. The number of carbonyl (C=O) groups excluding carboxylic acids is 1. The standard InChI is InChI=1S/C29H19ClN6O2/c30-22-13-20(12-18-8-5-11-32-23(18)22)25-24(17-6-2-1-3-7-17)36-28-26(35-25)27(37)21(15-33-28)16-34-29(38)19-9-4-10-31-14-19/h1-15H,16H2,(H,34,38)(H,33,36,37). The Morgan fingerprint density at radius 1 is 0.895 bits per heavy atom. The number of nitrogens with one attached hydrogen (secondary N) is 2. The van der Waals surface area contributed by atoms with Crippen molar-refractivity contribution >= 4 is 39.6 Å². The van der Waals surface area contributed by atoms with Crippen molar-refractivity contribution in [3.63, 3.8) is 0 Å². The second kappa shape index (κ2) is 9.84. The molecule has 4 aromatic heterocycles. The van der Waals surface area contributed by atoms with Gasteiger partial charge in [-0.2, -0.15) is 0 Å². The third kappa shape index (κ3) is 4.38. The van der Waals surface area contributed by atoms with Gasteiger partial charge in [0.05, 0.1) is 27.5 Å². The number of rotatable bonds is 5. The lowest BCUT2D eigenvalue weighted by molar-refractivity contribution is 0.0950. The molecule has 0 saturated carbocycles. The number of fused-ring (bicyclic) bond motifs is 2. The van der Waals surface area contributed by atoms with Crippen LogP contribution in [-0.2, 0) is 6.54 Å². The molecule has 0 aliphatic rings. The van der Waals surface area contributed by atoms with Gasteiger partial charge in [0.15, 0.2) is 11.2 Å². The summed E-state index contributed by atoms with van der Waals surface area (Å²) in [7, 11) is 0. The molecule has 0 fully saturated rings. The number of hydrogen-bond donors (Lipinski definition) is 2. The molecule has 2 aromatic carbocycles. The van der Waals surface area contributed by atoms with Crippen molar-refractivity contribution in [3.8, 4) is 22.5 Å². The van der Waals surface area contributed by atoms with Gasteiger partial charge in [-0.1, -0.05) is 48.0 Å². The van der Waals surface area contributed by atoms with Crippen molar-refractivity contribution in [1.29, 1.82) is 0 Å². The first-order chi connectivity index (χ1) is 18.6. The molecule has 0 radical (unpaired) electrons. The molecule has 0 unspecified atom stereocenters. The molecule has 9 heteroatoms. The maximum absolute atomic E-state index is 13.5. The number of carbonyl (C=O) groups is 1. The van der Waals surface area contributed by atoms with Gasteiger partial charge in [0, 0.05) is 53.4 Å². The number of benzene rings is 2. The van der Waals surface area contributed by atoms with Crippen LogP contribution in [0.15, 0.2) is 96.3 Å². The quantitative estimate of drug-likeness (QED) is 0.325. The highest BCUT2D eigenvalue weighted by Crippen LogP contribution is 2.34. The van der Waals surface area contributed by atoms with E-state index < -0.39 is 0 Å². The van der Waals surface area contributed by atoms with Crippen LogP contribution in [0.3, 0.4) is 0 Å². The van der Waals surface area contributed by atoms with Crippen molar-refractivity contribution in [2.45, 2.75) is 6.54 Å². The molecule has 0 atom stereocenters. The van der Waals surface area contributed by atoms with Crippen LogP contribution in [0.25, 0.3) is 44.6 Å². The minimum atomic E-state index is -0.330. The Labute approximate surface area is 221 Å². The van der Waals surface area contributed by atoms with E-state index in [4.69, 9.17) is 21.6 Å². The van der Waals surface area contributed by atoms with Crippen LogP contribution in [0.5, 0.6) is 0 Å². The first-order valence-electron chi connectivity index (χ1n) is 11.8. The van der Waals surface area contributed by atoms with E-state index in [0.29, 0.717) is 44.3 Å². The highest BCUT2D eigenvalue weighted by atomic mass is 35.5. The molecule has 2 N–H and O–H groups in total. The molecular weight excluding hydrogens is 500 g/mol. The summed E-state index contributed by atoms with van der Waals surface area (Å²) < 4.78 is 0. The molecule has 6 rings (SSSR count). The molecule has 6 aromatic rings. The van der Waals surface area contributed by atoms with E-state index in [9.17, 15) is 9.59 Å². The number of aromatic nitrogens is 5. The topological polar surface area (TPSA) is 114 Å². The number of nitrogens with zero attached hydrogens (tertiary/aromatic N) is 4. The van der Waals surface area contributed by atoms with Crippen molar-refractivity contribution in [2.24, 2.45) is 0 Å². The zero-order chi connectivity index (χ0) is 26.1. The third-order valence-corrected chi connectivity index (χ3v) is 6.42.